The molecule has 1 aromatic heterocycles. The zero-order chi connectivity index (χ0) is 14.5. The van der Waals surface area contributed by atoms with Gasteiger partial charge in [0.2, 0.25) is 0 Å². The topological polar surface area (TPSA) is 28.2 Å². The molecular weight excluding hydrogens is 246 g/mol. The molecule has 1 aromatic carbocycles. The van der Waals surface area contributed by atoms with Crippen molar-refractivity contribution >= 4 is 11.4 Å². The van der Waals surface area contributed by atoms with Gasteiger partial charge in [-0.15, -0.1) is 0 Å². The fourth-order valence-corrected chi connectivity index (χ4v) is 2.13. The van der Waals surface area contributed by atoms with Crippen molar-refractivity contribution in [3.8, 4) is 0 Å². The second-order valence-electron chi connectivity index (χ2n) is 5.54. The SMILES string of the molecule is CC(C)c1ccc(CNc2cnccc2N(C)C)cc1. The maximum Gasteiger partial charge on any atom is 0.0766 e. The van der Waals surface area contributed by atoms with Crippen LogP contribution in [-0.4, -0.2) is 19.1 Å². The zero-order valence-electron chi connectivity index (χ0n) is 12.7. The molecule has 0 saturated carbocycles. The Morgan fingerprint density at radius 2 is 1.80 bits per heavy atom. The normalized spacial score (nSPS) is 10.7. The number of aromatic nitrogens is 1. The Hall–Kier alpha value is -2.03. The average molecular weight is 269 g/mol. The molecule has 0 saturated heterocycles. The quantitative estimate of drug-likeness (QED) is 0.892. The van der Waals surface area contributed by atoms with Gasteiger partial charge in [0.05, 0.1) is 17.6 Å². The van der Waals surface area contributed by atoms with Crippen LogP contribution in [0.5, 0.6) is 0 Å². The van der Waals surface area contributed by atoms with E-state index in [4.69, 9.17) is 0 Å². The summed E-state index contributed by atoms with van der Waals surface area (Å²) in [6.45, 7) is 5.24. The lowest BCUT2D eigenvalue weighted by Gasteiger charge is -2.18. The molecule has 0 amide bonds. The van der Waals surface area contributed by atoms with E-state index >= 15 is 0 Å². The Balaban J connectivity index is 2.05. The van der Waals surface area contributed by atoms with E-state index in [-0.39, 0.29) is 0 Å². The smallest absolute Gasteiger partial charge is 0.0766 e. The van der Waals surface area contributed by atoms with Crippen LogP contribution < -0.4 is 10.2 Å². The van der Waals surface area contributed by atoms with E-state index in [0.717, 1.165) is 17.9 Å². The molecule has 0 aliphatic heterocycles. The number of nitrogens with one attached hydrogen (secondary N) is 1. The lowest BCUT2D eigenvalue weighted by Crippen LogP contribution is -2.12. The number of pyridine rings is 1. The average Bonchev–Trinajstić information content (AvgIpc) is 2.45. The van der Waals surface area contributed by atoms with Crippen molar-refractivity contribution < 1.29 is 0 Å². The first-order valence-corrected chi connectivity index (χ1v) is 7.02. The van der Waals surface area contributed by atoms with Crippen molar-refractivity contribution in [2.45, 2.75) is 26.3 Å². The fraction of sp³-hybridized carbons (Fsp3) is 0.353. The van der Waals surface area contributed by atoms with Gasteiger partial charge in [0.15, 0.2) is 0 Å². The summed E-state index contributed by atoms with van der Waals surface area (Å²) in [5.41, 5.74) is 4.87. The molecule has 3 nitrogen and oxygen atoms in total. The van der Waals surface area contributed by atoms with Crippen molar-refractivity contribution in [3.05, 3.63) is 53.9 Å². The summed E-state index contributed by atoms with van der Waals surface area (Å²) in [5, 5.41) is 3.46. The minimum absolute atomic E-state index is 0.579. The molecule has 0 aliphatic rings. The number of hydrogen-bond acceptors (Lipinski definition) is 3. The van der Waals surface area contributed by atoms with Crippen molar-refractivity contribution in [1.29, 1.82) is 0 Å². The van der Waals surface area contributed by atoms with Gasteiger partial charge in [0.25, 0.3) is 0 Å². The van der Waals surface area contributed by atoms with Crippen LogP contribution >= 0.6 is 0 Å². The van der Waals surface area contributed by atoms with Gasteiger partial charge in [-0.3, -0.25) is 4.98 Å². The minimum Gasteiger partial charge on any atom is -0.378 e. The predicted molar refractivity (Wildman–Crippen MR) is 86.4 cm³/mol. The summed E-state index contributed by atoms with van der Waals surface area (Å²) in [6, 6.07) is 10.8. The highest BCUT2D eigenvalue weighted by molar-refractivity contribution is 5.68. The summed E-state index contributed by atoms with van der Waals surface area (Å²) in [4.78, 5) is 6.28. The van der Waals surface area contributed by atoms with E-state index < -0.39 is 0 Å². The van der Waals surface area contributed by atoms with Crippen molar-refractivity contribution in [1.82, 2.24) is 4.98 Å². The van der Waals surface area contributed by atoms with Crippen LogP contribution in [0.15, 0.2) is 42.7 Å². The molecule has 0 aliphatic carbocycles. The number of nitrogens with zero attached hydrogens (tertiary/aromatic N) is 2. The Bertz CT molecular complexity index is 544. The van der Waals surface area contributed by atoms with Gasteiger partial charge in [-0.1, -0.05) is 38.1 Å². The van der Waals surface area contributed by atoms with Crippen LogP contribution in [0, 0.1) is 0 Å². The molecule has 0 fully saturated rings. The molecule has 20 heavy (non-hydrogen) atoms. The van der Waals surface area contributed by atoms with Gasteiger partial charge >= 0.3 is 0 Å². The number of anilines is 2. The largest absolute Gasteiger partial charge is 0.378 e. The summed E-state index contributed by atoms with van der Waals surface area (Å²) < 4.78 is 0. The van der Waals surface area contributed by atoms with Gasteiger partial charge in [-0.25, -0.2) is 0 Å². The summed E-state index contributed by atoms with van der Waals surface area (Å²) in [6.07, 6.45) is 3.69. The molecule has 1 heterocycles. The number of benzene rings is 1. The van der Waals surface area contributed by atoms with Gasteiger partial charge in [-0.2, -0.15) is 0 Å². The maximum atomic E-state index is 4.19. The van der Waals surface area contributed by atoms with Crippen LogP contribution in [0.2, 0.25) is 0 Å². The third kappa shape index (κ3) is 3.50. The highest BCUT2D eigenvalue weighted by atomic mass is 15.1. The first kappa shape index (κ1) is 14.4. The molecule has 0 atom stereocenters. The van der Waals surface area contributed by atoms with Crippen LogP contribution in [0.1, 0.15) is 30.9 Å². The lowest BCUT2D eigenvalue weighted by molar-refractivity contribution is 0.865. The molecule has 0 unspecified atom stereocenters. The van der Waals surface area contributed by atoms with Crippen molar-refractivity contribution in [3.63, 3.8) is 0 Å². The highest BCUT2D eigenvalue weighted by Gasteiger charge is 2.04. The zero-order valence-corrected chi connectivity index (χ0v) is 12.7. The highest BCUT2D eigenvalue weighted by Crippen LogP contribution is 2.23. The molecule has 1 N–H and O–H groups in total. The monoisotopic (exact) mass is 269 g/mol. The molecule has 0 bridgehead atoms. The van der Waals surface area contributed by atoms with Crippen LogP contribution in [-0.2, 0) is 6.54 Å². The first-order valence-electron chi connectivity index (χ1n) is 7.02. The van der Waals surface area contributed by atoms with E-state index in [1.165, 1.54) is 11.1 Å². The molecular formula is C17H23N3. The van der Waals surface area contributed by atoms with E-state index in [0.29, 0.717) is 5.92 Å². The second kappa shape index (κ2) is 6.42. The van der Waals surface area contributed by atoms with Gasteiger partial charge in [-0.05, 0) is 23.1 Å². The summed E-state index contributed by atoms with van der Waals surface area (Å²) in [5.74, 6) is 0.579. The van der Waals surface area contributed by atoms with E-state index in [9.17, 15) is 0 Å². The van der Waals surface area contributed by atoms with Crippen molar-refractivity contribution in [2.24, 2.45) is 0 Å². The summed E-state index contributed by atoms with van der Waals surface area (Å²) >= 11 is 0. The lowest BCUT2D eigenvalue weighted by atomic mass is 10.0. The molecule has 106 valence electrons. The Labute approximate surface area is 121 Å². The van der Waals surface area contributed by atoms with E-state index in [1.54, 1.807) is 0 Å². The Kier molecular flexibility index (Phi) is 4.61. The predicted octanol–water partition coefficient (Wildman–Crippen LogP) is 3.88. The van der Waals surface area contributed by atoms with Crippen LogP contribution in [0.3, 0.4) is 0 Å². The molecule has 2 aromatic rings. The number of hydrogen-bond donors (Lipinski definition) is 1. The molecule has 0 spiro atoms. The summed E-state index contributed by atoms with van der Waals surface area (Å²) in [7, 11) is 4.08. The van der Waals surface area contributed by atoms with Gasteiger partial charge in [0, 0.05) is 26.8 Å². The third-order valence-electron chi connectivity index (χ3n) is 3.41. The first-order chi connectivity index (χ1) is 9.58. The second-order valence-corrected chi connectivity index (χ2v) is 5.54. The van der Waals surface area contributed by atoms with Gasteiger partial charge < -0.3 is 10.2 Å². The van der Waals surface area contributed by atoms with Gasteiger partial charge in [0.1, 0.15) is 0 Å². The Morgan fingerprint density at radius 3 is 2.40 bits per heavy atom. The van der Waals surface area contributed by atoms with Crippen LogP contribution in [0.4, 0.5) is 11.4 Å². The fourth-order valence-electron chi connectivity index (χ4n) is 2.13. The van der Waals surface area contributed by atoms with Crippen molar-refractivity contribution in [2.75, 3.05) is 24.3 Å². The standard InChI is InChI=1S/C17H23N3/c1-13(2)15-7-5-14(6-8-15)11-19-16-12-18-10-9-17(16)20(3)4/h5-10,12-13,19H,11H2,1-4H3. The third-order valence-corrected chi connectivity index (χ3v) is 3.41. The van der Waals surface area contributed by atoms with E-state index in [1.807, 2.05) is 32.6 Å². The van der Waals surface area contributed by atoms with E-state index in [2.05, 4.69) is 53.3 Å². The molecule has 2 rings (SSSR count). The maximum absolute atomic E-state index is 4.19. The molecule has 0 radical (unpaired) electrons. The minimum atomic E-state index is 0.579. The Morgan fingerprint density at radius 1 is 1.10 bits per heavy atom. The molecule has 3 heteroatoms. The van der Waals surface area contributed by atoms with Crippen LogP contribution in [0.25, 0.3) is 0 Å². The number of rotatable bonds is 5.